The molecule has 4 N–H and O–H groups in total. The molecule has 0 aromatic heterocycles. The number of ketones is 1. The molecule has 0 aliphatic heterocycles. The van der Waals surface area contributed by atoms with E-state index in [9.17, 15) is 42.7 Å². The van der Waals surface area contributed by atoms with E-state index in [0.29, 0.717) is 5.56 Å². The van der Waals surface area contributed by atoms with Crippen molar-refractivity contribution >= 4 is 47.5 Å². The highest BCUT2D eigenvalue weighted by Crippen LogP contribution is 2.09. The fraction of sp³-hybridized carbons (Fsp3) is 0.562. The minimum atomic E-state index is -1.59. The van der Waals surface area contributed by atoms with Crippen molar-refractivity contribution in [2.75, 3.05) is 27.0 Å². The second kappa shape index (κ2) is 22.5. The number of carbonyl (C=O) groups is 8. The topological polar surface area (TPSA) is 222 Å². The molecule has 0 bridgehead atoms. The van der Waals surface area contributed by atoms with Gasteiger partial charge in [0.1, 0.15) is 37.4 Å². The third kappa shape index (κ3) is 16.0. The first-order valence-corrected chi connectivity index (χ1v) is 15.6. The Morgan fingerprint density at radius 3 is 1.78 bits per heavy atom. The summed E-state index contributed by atoms with van der Waals surface area (Å²) in [5, 5.41) is 9.36. The van der Waals surface area contributed by atoms with Gasteiger partial charge in [0.25, 0.3) is 0 Å². The van der Waals surface area contributed by atoms with E-state index in [-0.39, 0.29) is 32.7 Å². The van der Waals surface area contributed by atoms with Crippen molar-refractivity contribution in [3.63, 3.8) is 0 Å². The molecule has 0 unspecified atom stereocenters. The molecule has 0 fully saturated rings. The number of alkyl carbamates (subject to hydrolysis) is 1. The van der Waals surface area contributed by atoms with Gasteiger partial charge >= 0.3 is 24.0 Å². The second-order valence-corrected chi connectivity index (χ2v) is 10.8. The van der Waals surface area contributed by atoms with Gasteiger partial charge in [-0.1, -0.05) is 44.2 Å². The largest absolute Gasteiger partial charge is 0.469 e. The van der Waals surface area contributed by atoms with Gasteiger partial charge in [-0.05, 0) is 31.7 Å². The van der Waals surface area contributed by atoms with Crippen molar-refractivity contribution in [3.05, 3.63) is 35.9 Å². The number of benzene rings is 1. The van der Waals surface area contributed by atoms with Crippen LogP contribution in [0.15, 0.2) is 30.3 Å². The lowest BCUT2D eigenvalue weighted by molar-refractivity contribution is -0.146. The van der Waals surface area contributed by atoms with Crippen LogP contribution in [0.4, 0.5) is 9.18 Å². The van der Waals surface area contributed by atoms with Gasteiger partial charge < -0.3 is 40.2 Å². The highest BCUT2D eigenvalue weighted by molar-refractivity contribution is 5.97. The molecule has 0 aliphatic rings. The highest BCUT2D eigenvalue weighted by atomic mass is 19.1. The molecule has 1 aromatic rings. The summed E-state index contributed by atoms with van der Waals surface area (Å²) in [6.45, 7) is 4.48. The maximum atomic E-state index is 13.5. The monoisotopic (exact) mass is 696 g/mol. The van der Waals surface area contributed by atoms with E-state index in [1.54, 1.807) is 44.2 Å². The summed E-state index contributed by atoms with van der Waals surface area (Å²) < 4.78 is 32.7. The number of amides is 4. The average Bonchev–Trinajstić information content (AvgIpc) is 3.07. The van der Waals surface area contributed by atoms with E-state index in [1.807, 2.05) is 0 Å². The van der Waals surface area contributed by atoms with Crippen molar-refractivity contribution in [3.8, 4) is 0 Å². The summed E-state index contributed by atoms with van der Waals surface area (Å²) in [5.41, 5.74) is 0.647. The fourth-order valence-electron chi connectivity index (χ4n) is 4.18. The van der Waals surface area contributed by atoms with E-state index in [2.05, 4.69) is 26.0 Å². The zero-order chi connectivity index (χ0) is 36.9. The Morgan fingerprint density at radius 2 is 1.24 bits per heavy atom. The molecule has 0 radical (unpaired) electrons. The molecular weight excluding hydrogens is 651 g/mol. The van der Waals surface area contributed by atoms with Crippen molar-refractivity contribution in [2.24, 2.45) is 5.92 Å². The van der Waals surface area contributed by atoms with Gasteiger partial charge in [0.15, 0.2) is 5.78 Å². The SMILES string of the molecule is CCOC(=O)C[C@H](NC(=O)[C@@H](NC(=O)[C@H](CCC(=O)OC)NC(=O)[C@H](CC(=O)OCC)NC(=O)OCc1ccccc1)C(C)C)C(=O)CF. The molecule has 49 heavy (non-hydrogen) atoms. The molecule has 4 amide bonds. The summed E-state index contributed by atoms with van der Waals surface area (Å²) in [7, 11) is 1.11. The summed E-state index contributed by atoms with van der Waals surface area (Å²) in [4.78, 5) is 101. The molecule has 0 spiro atoms. The van der Waals surface area contributed by atoms with Crippen LogP contribution in [0.1, 0.15) is 58.9 Å². The third-order valence-corrected chi connectivity index (χ3v) is 6.76. The zero-order valence-corrected chi connectivity index (χ0v) is 28.2. The van der Waals surface area contributed by atoms with Crippen LogP contribution in [0.2, 0.25) is 0 Å². The third-order valence-electron chi connectivity index (χ3n) is 6.76. The van der Waals surface area contributed by atoms with E-state index >= 15 is 0 Å². The van der Waals surface area contributed by atoms with E-state index in [1.165, 1.54) is 13.8 Å². The number of hydrogen-bond donors (Lipinski definition) is 4. The summed E-state index contributed by atoms with van der Waals surface area (Å²) in [6.07, 6.45) is -3.06. The van der Waals surface area contributed by atoms with Crippen LogP contribution in [0.5, 0.6) is 0 Å². The molecule has 16 nitrogen and oxygen atoms in total. The summed E-state index contributed by atoms with van der Waals surface area (Å²) >= 11 is 0. The van der Waals surface area contributed by atoms with Crippen LogP contribution in [-0.4, -0.2) is 98.7 Å². The molecule has 0 saturated heterocycles. The molecule has 0 heterocycles. The van der Waals surface area contributed by atoms with Crippen LogP contribution in [0.3, 0.4) is 0 Å². The Balaban J connectivity index is 3.21. The fourth-order valence-corrected chi connectivity index (χ4v) is 4.18. The molecule has 0 saturated carbocycles. The van der Waals surface area contributed by atoms with Crippen LogP contribution >= 0.6 is 0 Å². The van der Waals surface area contributed by atoms with E-state index < -0.39 is 97.1 Å². The van der Waals surface area contributed by atoms with Crippen LogP contribution in [-0.2, 0) is 59.1 Å². The van der Waals surface area contributed by atoms with Gasteiger partial charge in [0, 0.05) is 6.42 Å². The van der Waals surface area contributed by atoms with Crippen LogP contribution < -0.4 is 21.3 Å². The van der Waals surface area contributed by atoms with Gasteiger partial charge in [-0.25, -0.2) is 9.18 Å². The zero-order valence-electron chi connectivity index (χ0n) is 28.2. The Morgan fingerprint density at radius 1 is 0.694 bits per heavy atom. The number of rotatable bonds is 21. The number of ether oxygens (including phenoxy) is 4. The molecular formula is C32H45FN4O12. The first kappa shape index (κ1) is 41.9. The molecule has 4 atom stereocenters. The van der Waals surface area contributed by atoms with Crippen molar-refractivity contribution < 1.29 is 61.7 Å². The second-order valence-electron chi connectivity index (χ2n) is 10.8. The first-order chi connectivity index (χ1) is 23.3. The number of hydrogen-bond acceptors (Lipinski definition) is 12. The quantitative estimate of drug-likeness (QED) is 0.104. The van der Waals surface area contributed by atoms with Crippen molar-refractivity contribution in [1.82, 2.24) is 21.3 Å². The first-order valence-electron chi connectivity index (χ1n) is 15.6. The minimum absolute atomic E-state index is 0.0162. The number of alkyl halides is 1. The maximum Gasteiger partial charge on any atom is 0.408 e. The summed E-state index contributed by atoms with van der Waals surface area (Å²) in [6, 6.07) is 2.56. The molecule has 17 heteroatoms. The highest BCUT2D eigenvalue weighted by Gasteiger charge is 2.34. The van der Waals surface area contributed by atoms with Gasteiger partial charge in [0.05, 0.1) is 33.2 Å². The number of carbonyl (C=O) groups excluding carboxylic acids is 8. The number of methoxy groups -OCH3 is 1. The van der Waals surface area contributed by atoms with Crippen LogP contribution in [0.25, 0.3) is 0 Å². The smallest absolute Gasteiger partial charge is 0.408 e. The number of esters is 3. The van der Waals surface area contributed by atoms with E-state index in [4.69, 9.17) is 14.2 Å². The normalized spacial score (nSPS) is 13.0. The molecule has 1 aromatic carbocycles. The molecule has 272 valence electrons. The molecule has 0 aliphatic carbocycles. The van der Waals surface area contributed by atoms with Crippen LogP contribution in [0, 0.1) is 5.92 Å². The number of halogens is 1. The average molecular weight is 697 g/mol. The Bertz CT molecular complexity index is 1290. The Hall–Kier alpha value is -5.09. The lowest BCUT2D eigenvalue weighted by Crippen LogP contribution is -2.59. The lowest BCUT2D eigenvalue weighted by Gasteiger charge is -2.27. The number of nitrogens with one attached hydrogen (secondary N) is 4. The predicted molar refractivity (Wildman–Crippen MR) is 169 cm³/mol. The maximum absolute atomic E-state index is 13.5. The van der Waals surface area contributed by atoms with Gasteiger partial charge in [-0.15, -0.1) is 0 Å². The Labute approximate surface area is 283 Å². The molecule has 1 rings (SSSR count). The van der Waals surface area contributed by atoms with E-state index in [0.717, 1.165) is 7.11 Å². The van der Waals surface area contributed by atoms with Crippen molar-refractivity contribution in [1.29, 1.82) is 0 Å². The Kier molecular flexibility index (Phi) is 19.2. The summed E-state index contributed by atoms with van der Waals surface area (Å²) in [5.74, 6) is -7.11. The van der Waals surface area contributed by atoms with Gasteiger partial charge in [-0.2, -0.15) is 0 Å². The van der Waals surface area contributed by atoms with Crippen molar-refractivity contribution in [2.45, 2.75) is 84.2 Å². The van der Waals surface area contributed by atoms with Gasteiger partial charge in [-0.3, -0.25) is 33.6 Å². The number of Topliss-reactive ketones (excluding diaryl/α,β-unsaturated/α-hetero) is 1. The lowest BCUT2D eigenvalue weighted by atomic mass is 10.0. The predicted octanol–water partition coefficient (Wildman–Crippen LogP) is 0.790. The standard InChI is InChI=1S/C32H45FN4O12/c1-6-47-26(40)15-22(24(38)17-33)35-31(44)28(19(3)4)37-29(42)21(13-14-25(39)46-5)34-30(43)23(16-27(41)48-7-2)36-32(45)49-18-20-11-9-8-10-12-20/h8-12,19,21-23,28H,6-7,13-18H2,1-5H3,(H,34,43)(H,35,44)(H,36,45)(H,37,42)/t21-,22-,23-,28-/m0/s1. The minimum Gasteiger partial charge on any atom is -0.469 e. The van der Waals surface area contributed by atoms with Gasteiger partial charge in [0.2, 0.25) is 17.7 Å².